The average Bonchev–Trinajstić information content (AvgIpc) is 3.43. The summed E-state index contributed by atoms with van der Waals surface area (Å²) in [5.74, 6) is -1.02. The number of fused-ring (bicyclic) bond motifs is 5. The fraction of sp³-hybridized carbons (Fsp3) is 0.227. The highest BCUT2D eigenvalue weighted by Gasteiger charge is 2.59. The first-order chi connectivity index (χ1) is 14.4. The predicted molar refractivity (Wildman–Crippen MR) is 105 cm³/mol. The number of nitro benzene ring substituents is 1. The number of carbonyl (C=O) groups excluding carboxylic acids is 3. The molecule has 1 saturated heterocycles. The molecule has 0 aromatic heterocycles. The number of non-ortho nitro benzene ring substituents is 1. The van der Waals surface area contributed by atoms with E-state index in [0.717, 1.165) is 6.42 Å². The topological polar surface area (TPSA) is 107 Å². The van der Waals surface area contributed by atoms with Gasteiger partial charge in [0, 0.05) is 12.1 Å². The molecule has 5 rings (SSSR count). The van der Waals surface area contributed by atoms with Crippen molar-refractivity contribution in [3.8, 4) is 5.75 Å². The summed E-state index contributed by atoms with van der Waals surface area (Å²) in [6.07, 6.45) is 4.96. The highest BCUT2D eigenvalue weighted by Crippen LogP contribution is 2.53. The fourth-order valence-corrected chi connectivity index (χ4v) is 4.71. The molecule has 1 heterocycles. The van der Waals surface area contributed by atoms with Crippen molar-refractivity contribution < 1.29 is 24.0 Å². The van der Waals surface area contributed by atoms with E-state index < -0.39 is 10.9 Å². The summed E-state index contributed by atoms with van der Waals surface area (Å²) in [7, 11) is 0. The zero-order valence-corrected chi connectivity index (χ0v) is 15.6. The molecule has 2 amide bonds. The lowest BCUT2D eigenvalue weighted by Crippen LogP contribution is -2.32. The van der Waals surface area contributed by atoms with Crippen molar-refractivity contribution in [2.45, 2.75) is 6.42 Å². The Hall–Kier alpha value is -3.81. The van der Waals surface area contributed by atoms with Crippen LogP contribution in [0.4, 0.5) is 11.4 Å². The fourth-order valence-electron chi connectivity index (χ4n) is 4.71. The lowest BCUT2D eigenvalue weighted by molar-refractivity contribution is -0.384. The molecule has 0 N–H and O–H groups in total. The van der Waals surface area contributed by atoms with Crippen molar-refractivity contribution in [1.82, 2.24) is 0 Å². The van der Waals surface area contributed by atoms with Gasteiger partial charge in [-0.25, -0.2) is 4.79 Å². The van der Waals surface area contributed by atoms with Gasteiger partial charge in [-0.05, 0) is 54.7 Å². The number of hydrogen-bond acceptors (Lipinski definition) is 6. The Labute approximate surface area is 170 Å². The van der Waals surface area contributed by atoms with Crippen LogP contribution in [0.3, 0.4) is 0 Å². The van der Waals surface area contributed by atoms with Gasteiger partial charge >= 0.3 is 5.97 Å². The van der Waals surface area contributed by atoms with Gasteiger partial charge in [-0.3, -0.25) is 24.6 Å². The van der Waals surface area contributed by atoms with Crippen molar-refractivity contribution in [2.75, 3.05) is 4.90 Å². The first-order valence-electron chi connectivity index (χ1n) is 9.57. The Balaban J connectivity index is 1.30. The number of amides is 2. The molecule has 0 unspecified atom stereocenters. The van der Waals surface area contributed by atoms with E-state index in [4.69, 9.17) is 4.74 Å². The van der Waals surface area contributed by atoms with Crippen LogP contribution in [0.5, 0.6) is 5.75 Å². The monoisotopic (exact) mass is 404 g/mol. The van der Waals surface area contributed by atoms with E-state index in [9.17, 15) is 24.5 Å². The molecule has 2 bridgehead atoms. The van der Waals surface area contributed by atoms with Crippen molar-refractivity contribution in [2.24, 2.45) is 23.7 Å². The number of ether oxygens (including phenoxy) is 1. The number of benzene rings is 2. The minimum absolute atomic E-state index is 0.121. The smallest absolute Gasteiger partial charge is 0.343 e. The second-order valence-electron chi connectivity index (χ2n) is 7.70. The standard InChI is InChI=1S/C22H16N2O6/c25-20-18-13-1-2-14(11-13)19(18)21(26)23(20)15-7-9-17(10-8-15)30-22(27)12-3-5-16(6-4-12)24(28)29/h1-10,13-14,18-19H,11H2/t13-,14+,18+,19-. The molecule has 2 aliphatic carbocycles. The van der Waals surface area contributed by atoms with E-state index in [2.05, 4.69) is 0 Å². The molecular weight excluding hydrogens is 388 g/mol. The molecule has 2 fully saturated rings. The van der Waals surface area contributed by atoms with Gasteiger partial charge in [0.1, 0.15) is 5.75 Å². The molecule has 0 radical (unpaired) electrons. The molecular formula is C22H16N2O6. The Morgan fingerprint density at radius 2 is 1.50 bits per heavy atom. The second kappa shape index (κ2) is 6.62. The largest absolute Gasteiger partial charge is 0.423 e. The van der Waals surface area contributed by atoms with Gasteiger partial charge in [-0.2, -0.15) is 0 Å². The SMILES string of the molecule is O=C(Oc1ccc(N2C(=O)[C@@H]3[C@H](C2=O)[C@H]2C=C[C@@H]3C2)cc1)c1ccc([N+](=O)[O-])cc1. The Kier molecular flexibility index (Phi) is 4.02. The number of hydrogen-bond donors (Lipinski definition) is 0. The van der Waals surface area contributed by atoms with E-state index in [1.807, 2.05) is 12.2 Å². The van der Waals surface area contributed by atoms with Gasteiger partial charge in [0.25, 0.3) is 5.69 Å². The van der Waals surface area contributed by atoms with Gasteiger partial charge < -0.3 is 4.74 Å². The van der Waals surface area contributed by atoms with Crippen LogP contribution >= 0.6 is 0 Å². The highest BCUT2D eigenvalue weighted by atomic mass is 16.6. The Bertz CT molecular complexity index is 1080. The highest BCUT2D eigenvalue weighted by molar-refractivity contribution is 6.22. The number of nitrogens with zero attached hydrogens (tertiary/aromatic N) is 2. The number of nitro groups is 1. The van der Waals surface area contributed by atoms with Crippen LogP contribution in [0.1, 0.15) is 16.8 Å². The average molecular weight is 404 g/mol. The third kappa shape index (κ3) is 2.72. The van der Waals surface area contributed by atoms with Crippen molar-refractivity contribution in [1.29, 1.82) is 0 Å². The van der Waals surface area contributed by atoms with Crippen molar-refractivity contribution in [3.05, 3.63) is 76.4 Å². The van der Waals surface area contributed by atoms with Crippen molar-refractivity contribution >= 4 is 29.2 Å². The van der Waals surface area contributed by atoms with E-state index in [0.29, 0.717) is 5.69 Å². The number of allylic oxidation sites excluding steroid dienone is 2. The van der Waals surface area contributed by atoms with Crippen LogP contribution < -0.4 is 9.64 Å². The molecule has 0 spiro atoms. The molecule has 1 aliphatic heterocycles. The van der Waals surface area contributed by atoms with Crippen LogP contribution in [0, 0.1) is 33.8 Å². The summed E-state index contributed by atoms with van der Waals surface area (Å²) in [5.41, 5.74) is 0.503. The molecule has 3 aliphatic rings. The molecule has 2 aromatic rings. The number of esters is 1. The van der Waals surface area contributed by atoms with Crippen LogP contribution in [0.15, 0.2) is 60.7 Å². The van der Waals surface area contributed by atoms with Crippen LogP contribution in [-0.4, -0.2) is 22.7 Å². The van der Waals surface area contributed by atoms with Crippen LogP contribution in [0.2, 0.25) is 0 Å². The third-order valence-corrected chi connectivity index (χ3v) is 6.09. The Morgan fingerprint density at radius 3 is 2.03 bits per heavy atom. The summed E-state index contributed by atoms with van der Waals surface area (Å²) in [4.78, 5) is 49.3. The van der Waals surface area contributed by atoms with Gasteiger partial charge in [0.15, 0.2) is 0 Å². The minimum atomic E-state index is -0.664. The maximum absolute atomic E-state index is 12.8. The predicted octanol–water partition coefficient (Wildman–Crippen LogP) is 3.13. The van der Waals surface area contributed by atoms with E-state index in [-0.39, 0.29) is 52.5 Å². The summed E-state index contributed by atoms with van der Waals surface area (Å²) in [6.45, 7) is 0. The zero-order valence-electron chi connectivity index (χ0n) is 15.6. The summed E-state index contributed by atoms with van der Waals surface area (Å²) < 4.78 is 5.28. The first kappa shape index (κ1) is 18.2. The molecule has 8 nitrogen and oxygen atoms in total. The Morgan fingerprint density at radius 1 is 0.933 bits per heavy atom. The maximum Gasteiger partial charge on any atom is 0.343 e. The maximum atomic E-state index is 12.8. The van der Waals surface area contributed by atoms with Crippen LogP contribution in [-0.2, 0) is 9.59 Å². The number of imide groups is 1. The zero-order chi connectivity index (χ0) is 21.0. The number of anilines is 1. The van der Waals surface area contributed by atoms with Crippen LogP contribution in [0.25, 0.3) is 0 Å². The normalized spacial score (nSPS) is 26.2. The van der Waals surface area contributed by atoms with Gasteiger partial charge in [-0.1, -0.05) is 12.2 Å². The summed E-state index contributed by atoms with van der Waals surface area (Å²) in [6, 6.07) is 11.3. The number of carbonyl (C=O) groups is 3. The molecule has 30 heavy (non-hydrogen) atoms. The first-order valence-corrected chi connectivity index (χ1v) is 9.57. The van der Waals surface area contributed by atoms with E-state index >= 15 is 0 Å². The van der Waals surface area contributed by atoms with Gasteiger partial charge in [0.05, 0.1) is 28.0 Å². The molecule has 150 valence electrons. The van der Waals surface area contributed by atoms with E-state index in [1.54, 1.807) is 12.1 Å². The minimum Gasteiger partial charge on any atom is -0.423 e. The van der Waals surface area contributed by atoms with Gasteiger partial charge in [0.2, 0.25) is 11.8 Å². The molecule has 1 saturated carbocycles. The quantitative estimate of drug-likeness (QED) is 0.194. The summed E-state index contributed by atoms with van der Waals surface area (Å²) >= 11 is 0. The summed E-state index contributed by atoms with van der Waals surface area (Å²) in [5, 5.41) is 10.7. The number of rotatable bonds is 4. The lowest BCUT2D eigenvalue weighted by Gasteiger charge is -2.17. The lowest BCUT2D eigenvalue weighted by atomic mass is 9.85. The van der Waals surface area contributed by atoms with E-state index in [1.165, 1.54) is 41.3 Å². The molecule has 2 aromatic carbocycles. The third-order valence-electron chi connectivity index (χ3n) is 6.09. The molecule has 8 heteroatoms. The molecule has 4 atom stereocenters. The van der Waals surface area contributed by atoms with Crippen molar-refractivity contribution in [3.63, 3.8) is 0 Å². The van der Waals surface area contributed by atoms with Gasteiger partial charge in [-0.15, -0.1) is 0 Å². The second-order valence-corrected chi connectivity index (χ2v) is 7.70.